The number of carbonyl (C=O) groups excluding carboxylic acids is 1. The van der Waals surface area contributed by atoms with Gasteiger partial charge in [-0.1, -0.05) is 19.9 Å². The first-order valence-electron chi connectivity index (χ1n) is 8.15. The van der Waals surface area contributed by atoms with E-state index in [0.29, 0.717) is 29.5 Å². The van der Waals surface area contributed by atoms with E-state index in [1.807, 2.05) is 0 Å². The second kappa shape index (κ2) is 8.92. The molecule has 0 fully saturated rings. The van der Waals surface area contributed by atoms with Crippen molar-refractivity contribution in [3.8, 4) is 11.5 Å². The highest BCUT2D eigenvalue weighted by Crippen LogP contribution is 2.14. The number of benzene rings is 1. The van der Waals surface area contributed by atoms with Gasteiger partial charge in [-0.2, -0.15) is 0 Å². The van der Waals surface area contributed by atoms with Gasteiger partial charge >= 0.3 is 5.97 Å². The van der Waals surface area contributed by atoms with E-state index in [0.717, 1.165) is 6.42 Å². The Balaban J connectivity index is 1.93. The summed E-state index contributed by atoms with van der Waals surface area (Å²) in [5, 5.41) is 0. The van der Waals surface area contributed by atoms with Gasteiger partial charge in [-0.15, -0.1) is 0 Å². The number of rotatable bonds is 8. The number of pyridine rings is 1. The maximum atomic E-state index is 12.0. The largest absolute Gasteiger partial charge is 0.497 e. The van der Waals surface area contributed by atoms with Crippen LogP contribution in [-0.4, -0.2) is 24.7 Å². The van der Waals surface area contributed by atoms with E-state index < -0.39 is 5.97 Å². The summed E-state index contributed by atoms with van der Waals surface area (Å²) in [6.45, 7) is 4.64. The van der Waals surface area contributed by atoms with E-state index in [4.69, 9.17) is 14.2 Å². The number of ether oxygens (including phenoxy) is 3. The zero-order chi connectivity index (χ0) is 18.2. The van der Waals surface area contributed by atoms with E-state index in [2.05, 4.69) is 18.8 Å². The lowest BCUT2D eigenvalue weighted by atomic mass is 10.1. The molecule has 0 radical (unpaired) electrons. The van der Waals surface area contributed by atoms with Crippen molar-refractivity contribution in [2.45, 2.75) is 26.9 Å². The van der Waals surface area contributed by atoms with Crippen LogP contribution in [0.25, 0.3) is 0 Å². The van der Waals surface area contributed by atoms with Crippen LogP contribution in [0.15, 0.2) is 41.3 Å². The van der Waals surface area contributed by atoms with Crippen LogP contribution in [0.3, 0.4) is 0 Å². The molecule has 0 atom stereocenters. The molecule has 0 bridgehead atoms. The maximum Gasteiger partial charge on any atom is 0.338 e. The molecular weight excluding hydrogens is 322 g/mol. The fourth-order valence-corrected chi connectivity index (χ4v) is 2.08. The predicted molar refractivity (Wildman–Crippen MR) is 94.1 cm³/mol. The lowest BCUT2D eigenvalue weighted by Crippen LogP contribution is -2.13. The highest BCUT2D eigenvalue weighted by Gasteiger charge is 2.10. The van der Waals surface area contributed by atoms with Gasteiger partial charge in [0.05, 0.1) is 25.0 Å². The maximum absolute atomic E-state index is 12.0. The average Bonchev–Trinajstić information content (AvgIpc) is 2.61. The van der Waals surface area contributed by atoms with E-state index in [1.165, 1.54) is 19.4 Å². The van der Waals surface area contributed by atoms with Crippen molar-refractivity contribution in [1.82, 2.24) is 4.98 Å². The van der Waals surface area contributed by atoms with Crippen molar-refractivity contribution in [2.24, 2.45) is 5.92 Å². The molecule has 1 aromatic heterocycles. The second-order valence-corrected chi connectivity index (χ2v) is 6.03. The van der Waals surface area contributed by atoms with Crippen LogP contribution >= 0.6 is 0 Å². The van der Waals surface area contributed by atoms with Crippen LogP contribution in [-0.2, 0) is 11.3 Å². The molecule has 2 rings (SSSR count). The Kier molecular flexibility index (Phi) is 6.62. The van der Waals surface area contributed by atoms with Crippen LogP contribution in [0.4, 0.5) is 0 Å². The van der Waals surface area contributed by atoms with Gasteiger partial charge in [-0.05, 0) is 30.5 Å². The van der Waals surface area contributed by atoms with Crippen LogP contribution < -0.4 is 14.9 Å². The fourth-order valence-electron chi connectivity index (χ4n) is 2.08. The monoisotopic (exact) mass is 345 g/mol. The SMILES string of the molecule is COc1cccc(C(=O)OCc2cc(=O)c(OCCC(C)C)c[nH]2)c1. The third-order valence-electron chi connectivity index (χ3n) is 3.55. The number of methoxy groups -OCH3 is 1. The Morgan fingerprint density at radius 1 is 1.24 bits per heavy atom. The minimum absolute atomic E-state index is 0.0302. The van der Waals surface area contributed by atoms with Gasteiger partial charge in [0.25, 0.3) is 0 Å². The average molecular weight is 345 g/mol. The van der Waals surface area contributed by atoms with Gasteiger partial charge < -0.3 is 19.2 Å². The number of aromatic amines is 1. The summed E-state index contributed by atoms with van der Waals surface area (Å²) in [7, 11) is 1.53. The van der Waals surface area contributed by atoms with Gasteiger partial charge in [0.15, 0.2) is 5.75 Å². The first kappa shape index (κ1) is 18.6. The predicted octanol–water partition coefficient (Wildman–Crippen LogP) is 3.17. The molecule has 25 heavy (non-hydrogen) atoms. The molecule has 0 amide bonds. The lowest BCUT2D eigenvalue weighted by molar-refractivity contribution is 0.0467. The lowest BCUT2D eigenvalue weighted by Gasteiger charge is -2.09. The molecule has 0 spiro atoms. The number of carbonyl (C=O) groups is 1. The molecule has 0 saturated heterocycles. The van der Waals surface area contributed by atoms with Crippen LogP contribution in [0.5, 0.6) is 11.5 Å². The third-order valence-corrected chi connectivity index (χ3v) is 3.55. The molecule has 6 heteroatoms. The number of H-pyrrole nitrogens is 1. The van der Waals surface area contributed by atoms with Crippen LogP contribution in [0, 0.1) is 5.92 Å². The van der Waals surface area contributed by atoms with Crippen molar-refractivity contribution in [3.05, 3.63) is 58.0 Å². The standard InChI is InChI=1S/C19H23NO5/c1-13(2)7-8-24-18-11-20-15(10-17(18)21)12-25-19(22)14-5-4-6-16(9-14)23-3/h4-6,9-11,13H,7-8,12H2,1-3H3,(H,20,21). The smallest absolute Gasteiger partial charge is 0.338 e. The highest BCUT2D eigenvalue weighted by atomic mass is 16.5. The van der Waals surface area contributed by atoms with Crippen molar-refractivity contribution < 1.29 is 19.0 Å². The molecule has 0 unspecified atom stereocenters. The van der Waals surface area contributed by atoms with Crippen LogP contribution in [0.1, 0.15) is 36.3 Å². The zero-order valence-electron chi connectivity index (χ0n) is 14.7. The molecule has 0 aliphatic rings. The van der Waals surface area contributed by atoms with Crippen molar-refractivity contribution >= 4 is 5.97 Å². The Morgan fingerprint density at radius 2 is 2.04 bits per heavy atom. The molecule has 1 aromatic carbocycles. The van der Waals surface area contributed by atoms with Gasteiger partial charge in [0.1, 0.15) is 12.4 Å². The molecule has 2 aromatic rings. The summed E-state index contributed by atoms with van der Waals surface area (Å²) >= 11 is 0. The number of esters is 1. The second-order valence-electron chi connectivity index (χ2n) is 6.03. The quantitative estimate of drug-likeness (QED) is 0.744. The topological polar surface area (TPSA) is 77.6 Å². The molecule has 0 aliphatic carbocycles. The number of hydrogen-bond donors (Lipinski definition) is 1. The van der Waals surface area contributed by atoms with Gasteiger partial charge in [-0.3, -0.25) is 4.79 Å². The van der Waals surface area contributed by atoms with Crippen molar-refractivity contribution in [1.29, 1.82) is 0 Å². The minimum atomic E-state index is -0.489. The first-order chi connectivity index (χ1) is 12.0. The molecule has 0 saturated carbocycles. The van der Waals surface area contributed by atoms with E-state index >= 15 is 0 Å². The molecule has 134 valence electrons. The number of aromatic nitrogens is 1. The third kappa shape index (κ3) is 5.67. The van der Waals surface area contributed by atoms with E-state index in [9.17, 15) is 9.59 Å². The summed E-state index contributed by atoms with van der Waals surface area (Å²) in [6.07, 6.45) is 2.37. The molecular formula is C19H23NO5. The molecule has 0 aliphatic heterocycles. The summed E-state index contributed by atoms with van der Waals surface area (Å²) in [5.74, 6) is 0.862. The van der Waals surface area contributed by atoms with Gasteiger partial charge in [-0.25, -0.2) is 4.79 Å². The van der Waals surface area contributed by atoms with Gasteiger partial charge in [0.2, 0.25) is 5.43 Å². The Morgan fingerprint density at radius 3 is 2.72 bits per heavy atom. The highest BCUT2D eigenvalue weighted by molar-refractivity contribution is 5.89. The van der Waals surface area contributed by atoms with Crippen molar-refractivity contribution in [2.75, 3.05) is 13.7 Å². The summed E-state index contributed by atoms with van der Waals surface area (Å²) in [6, 6.07) is 8.06. The van der Waals surface area contributed by atoms with E-state index in [1.54, 1.807) is 24.3 Å². The first-order valence-corrected chi connectivity index (χ1v) is 8.15. The molecule has 6 nitrogen and oxygen atoms in total. The fraction of sp³-hybridized carbons (Fsp3) is 0.368. The van der Waals surface area contributed by atoms with E-state index in [-0.39, 0.29) is 17.8 Å². The summed E-state index contributed by atoms with van der Waals surface area (Å²) in [4.78, 5) is 27.0. The molecule has 1 N–H and O–H groups in total. The van der Waals surface area contributed by atoms with Gasteiger partial charge in [0, 0.05) is 12.3 Å². The summed E-state index contributed by atoms with van der Waals surface area (Å²) in [5.41, 5.74) is 0.641. The van der Waals surface area contributed by atoms with Crippen molar-refractivity contribution in [3.63, 3.8) is 0 Å². The zero-order valence-corrected chi connectivity index (χ0v) is 14.7. The van der Waals surface area contributed by atoms with Crippen LogP contribution in [0.2, 0.25) is 0 Å². The minimum Gasteiger partial charge on any atom is -0.497 e. The normalized spacial score (nSPS) is 10.6. The Labute approximate surface area is 146 Å². The number of hydrogen-bond acceptors (Lipinski definition) is 5. The Hall–Kier alpha value is -2.76. The Bertz CT molecular complexity index is 766. The number of nitrogens with one attached hydrogen (secondary N) is 1. The summed E-state index contributed by atoms with van der Waals surface area (Å²) < 4.78 is 15.7. The molecule has 1 heterocycles.